The zero-order valence-electron chi connectivity index (χ0n) is 19.4. The minimum atomic E-state index is -0.844. The van der Waals surface area contributed by atoms with Gasteiger partial charge in [0.2, 0.25) is 0 Å². The molecule has 1 aromatic heterocycles. The number of ether oxygens (including phenoxy) is 2. The van der Waals surface area contributed by atoms with Crippen molar-refractivity contribution >= 4 is 0 Å². The van der Waals surface area contributed by atoms with Gasteiger partial charge in [-0.3, -0.25) is 13.9 Å². The smallest absolute Gasteiger partial charge is 0.331 e. The lowest BCUT2D eigenvalue weighted by molar-refractivity contribution is 0.178. The van der Waals surface area contributed by atoms with Crippen LogP contribution in [0.15, 0.2) is 46.0 Å². The predicted octanol–water partition coefficient (Wildman–Crippen LogP) is 2.82. The second-order valence-corrected chi connectivity index (χ2v) is 8.55. The van der Waals surface area contributed by atoms with E-state index in [0.29, 0.717) is 19.6 Å². The molecule has 0 radical (unpaired) electrons. The van der Waals surface area contributed by atoms with E-state index in [1.165, 1.54) is 38.3 Å². The molecule has 1 aliphatic heterocycles. The molecular formula is C25H26F3N3O4. The molecule has 1 aliphatic rings. The van der Waals surface area contributed by atoms with E-state index in [1.54, 1.807) is 0 Å². The highest BCUT2D eigenvalue weighted by Crippen LogP contribution is 2.29. The molecule has 2 N–H and O–H groups in total. The molecular weight excluding hydrogens is 463 g/mol. The topological polar surface area (TPSA) is 88.5 Å². The van der Waals surface area contributed by atoms with Gasteiger partial charge in [0.15, 0.2) is 11.6 Å². The zero-order valence-corrected chi connectivity index (χ0v) is 19.4. The molecule has 1 unspecified atom stereocenters. The van der Waals surface area contributed by atoms with Crippen molar-refractivity contribution < 1.29 is 22.6 Å². The van der Waals surface area contributed by atoms with Gasteiger partial charge in [0.05, 0.1) is 25.8 Å². The molecule has 2 heterocycles. The standard InChI is InChI=1S/C25H26F3N3O4/c1-14-22(16-5-3-8-21(34-2)23(16)28)24(32)31(12-20(29)15-9-10-35-13-15)25(33)30(14)11-17-18(26)6-4-7-19(17)27/h3-8,15,20H,9-13,29H2,1-2H3/t15?,20-/m0/s1. The summed E-state index contributed by atoms with van der Waals surface area (Å²) >= 11 is 0. The van der Waals surface area contributed by atoms with Crippen molar-refractivity contribution in [3.05, 3.63) is 85.9 Å². The third kappa shape index (κ3) is 4.63. The van der Waals surface area contributed by atoms with Crippen LogP contribution in [0.4, 0.5) is 13.2 Å². The first-order valence-electron chi connectivity index (χ1n) is 11.2. The van der Waals surface area contributed by atoms with Crippen molar-refractivity contribution in [3.63, 3.8) is 0 Å². The van der Waals surface area contributed by atoms with Gasteiger partial charge in [-0.2, -0.15) is 0 Å². The molecule has 7 nitrogen and oxygen atoms in total. The summed E-state index contributed by atoms with van der Waals surface area (Å²) in [7, 11) is 1.29. The Bertz CT molecular complexity index is 1340. The summed E-state index contributed by atoms with van der Waals surface area (Å²) < 4.78 is 56.5. The Morgan fingerprint density at radius 1 is 1.11 bits per heavy atom. The van der Waals surface area contributed by atoms with Gasteiger partial charge in [-0.1, -0.05) is 18.2 Å². The van der Waals surface area contributed by atoms with Crippen LogP contribution in [0.3, 0.4) is 0 Å². The van der Waals surface area contributed by atoms with Crippen LogP contribution in [0.1, 0.15) is 17.7 Å². The maximum Gasteiger partial charge on any atom is 0.331 e. The van der Waals surface area contributed by atoms with Crippen LogP contribution in [0, 0.1) is 30.3 Å². The molecule has 0 bridgehead atoms. The van der Waals surface area contributed by atoms with Crippen molar-refractivity contribution in [2.45, 2.75) is 32.5 Å². The SMILES string of the molecule is COc1cccc(-c2c(C)n(Cc3c(F)cccc3F)c(=O)n(C[C@H](N)C3CCOC3)c2=O)c1F. The average Bonchev–Trinajstić information content (AvgIpc) is 3.37. The lowest BCUT2D eigenvalue weighted by atomic mass is 9.99. The molecule has 2 atom stereocenters. The van der Waals surface area contributed by atoms with Crippen LogP contribution < -0.4 is 21.7 Å². The van der Waals surface area contributed by atoms with Gasteiger partial charge in [-0.25, -0.2) is 18.0 Å². The molecule has 2 aromatic carbocycles. The van der Waals surface area contributed by atoms with E-state index in [4.69, 9.17) is 15.2 Å². The maximum atomic E-state index is 15.2. The average molecular weight is 489 g/mol. The van der Waals surface area contributed by atoms with Gasteiger partial charge >= 0.3 is 5.69 Å². The molecule has 0 spiro atoms. The Balaban J connectivity index is 1.94. The minimum absolute atomic E-state index is 0.0591. The zero-order chi connectivity index (χ0) is 25.3. The van der Waals surface area contributed by atoms with E-state index in [1.807, 2.05) is 0 Å². The van der Waals surface area contributed by atoms with Gasteiger partial charge in [0.1, 0.15) is 11.6 Å². The van der Waals surface area contributed by atoms with E-state index in [2.05, 4.69) is 0 Å². The second kappa shape index (κ2) is 10.1. The molecule has 0 saturated carbocycles. The molecule has 1 fully saturated rings. The third-order valence-corrected chi connectivity index (χ3v) is 6.48. The Morgan fingerprint density at radius 3 is 2.43 bits per heavy atom. The summed E-state index contributed by atoms with van der Waals surface area (Å²) in [6.45, 7) is 1.70. The van der Waals surface area contributed by atoms with Crippen LogP contribution in [0.5, 0.6) is 5.75 Å². The summed E-state index contributed by atoms with van der Waals surface area (Å²) in [5, 5.41) is 0. The van der Waals surface area contributed by atoms with E-state index in [9.17, 15) is 18.4 Å². The number of nitrogens with zero attached hydrogens (tertiary/aromatic N) is 2. The summed E-state index contributed by atoms with van der Waals surface area (Å²) in [6, 6.07) is 7.06. The van der Waals surface area contributed by atoms with Gasteiger partial charge in [-0.15, -0.1) is 0 Å². The third-order valence-electron chi connectivity index (χ3n) is 6.48. The monoisotopic (exact) mass is 489 g/mol. The molecule has 35 heavy (non-hydrogen) atoms. The Labute approximate surface area is 199 Å². The van der Waals surface area contributed by atoms with Gasteiger partial charge in [0.25, 0.3) is 5.56 Å². The Morgan fingerprint density at radius 2 is 1.80 bits per heavy atom. The summed E-state index contributed by atoms with van der Waals surface area (Å²) in [5.41, 5.74) is 4.25. The van der Waals surface area contributed by atoms with Crippen molar-refractivity contribution in [3.8, 4) is 16.9 Å². The number of methoxy groups -OCH3 is 1. The van der Waals surface area contributed by atoms with Crippen molar-refractivity contribution in [1.82, 2.24) is 9.13 Å². The van der Waals surface area contributed by atoms with E-state index in [0.717, 1.165) is 21.3 Å². The number of nitrogens with two attached hydrogens (primary N) is 1. The summed E-state index contributed by atoms with van der Waals surface area (Å²) in [6.07, 6.45) is 0.674. The number of hydrogen-bond donors (Lipinski definition) is 1. The van der Waals surface area contributed by atoms with Crippen molar-refractivity contribution in [2.75, 3.05) is 20.3 Å². The molecule has 4 rings (SSSR count). The maximum absolute atomic E-state index is 15.2. The fourth-order valence-electron chi connectivity index (χ4n) is 4.41. The van der Waals surface area contributed by atoms with Crippen molar-refractivity contribution in [2.24, 2.45) is 11.7 Å². The largest absolute Gasteiger partial charge is 0.494 e. The van der Waals surface area contributed by atoms with Gasteiger partial charge < -0.3 is 15.2 Å². The van der Waals surface area contributed by atoms with Crippen LogP contribution >= 0.6 is 0 Å². The quantitative estimate of drug-likeness (QED) is 0.552. The van der Waals surface area contributed by atoms with Crippen LogP contribution in [-0.2, 0) is 17.8 Å². The highest BCUT2D eigenvalue weighted by molar-refractivity contribution is 5.67. The van der Waals surface area contributed by atoms with Crippen LogP contribution in [0.2, 0.25) is 0 Å². The number of aromatic nitrogens is 2. The fraction of sp³-hybridized carbons (Fsp3) is 0.360. The number of hydrogen-bond acceptors (Lipinski definition) is 5. The normalized spacial score (nSPS) is 16.5. The minimum Gasteiger partial charge on any atom is -0.494 e. The van der Waals surface area contributed by atoms with E-state index in [-0.39, 0.29) is 40.6 Å². The molecule has 10 heteroatoms. The number of halogens is 3. The van der Waals surface area contributed by atoms with Crippen molar-refractivity contribution in [1.29, 1.82) is 0 Å². The summed E-state index contributed by atoms with van der Waals surface area (Å²) in [4.78, 5) is 27.0. The fourth-order valence-corrected chi connectivity index (χ4v) is 4.41. The lowest BCUT2D eigenvalue weighted by Crippen LogP contribution is -2.47. The highest BCUT2D eigenvalue weighted by atomic mass is 19.1. The number of rotatable bonds is 7. The van der Waals surface area contributed by atoms with Gasteiger partial charge in [-0.05, 0) is 31.5 Å². The molecule has 3 aromatic rings. The summed E-state index contributed by atoms with van der Waals surface area (Å²) in [5.74, 6) is -2.65. The van der Waals surface area contributed by atoms with Gasteiger partial charge in [0, 0.05) is 41.9 Å². The molecule has 0 aliphatic carbocycles. The second-order valence-electron chi connectivity index (χ2n) is 8.55. The Kier molecular flexibility index (Phi) is 7.13. The van der Waals surface area contributed by atoms with E-state index >= 15 is 4.39 Å². The first kappa shape index (κ1) is 24.7. The van der Waals surface area contributed by atoms with Crippen LogP contribution in [-0.4, -0.2) is 35.5 Å². The molecule has 0 amide bonds. The van der Waals surface area contributed by atoms with Crippen LogP contribution in [0.25, 0.3) is 11.1 Å². The first-order chi connectivity index (χ1) is 16.7. The number of benzene rings is 2. The van der Waals surface area contributed by atoms with E-state index < -0.39 is 41.3 Å². The Hall–Kier alpha value is -3.37. The first-order valence-corrected chi connectivity index (χ1v) is 11.2. The molecule has 1 saturated heterocycles. The highest BCUT2D eigenvalue weighted by Gasteiger charge is 2.27. The lowest BCUT2D eigenvalue weighted by Gasteiger charge is -2.22. The molecule has 186 valence electrons. The predicted molar refractivity (Wildman–Crippen MR) is 124 cm³/mol.